The summed E-state index contributed by atoms with van der Waals surface area (Å²) in [7, 11) is 1.37. The molecule has 10 heteroatoms. The molecule has 40 heavy (non-hydrogen) atoms. The van der Waals surface area contributed by atoms with Gasteiger partial charge in [0, 0.05) is 15.5 Å². The van der Waals surface area contributed by atoms with Crippen molar-refractivity contribution in [2.24, 2.45) is 11.8 Å². The largest absolute Gasteiger partial charge is 0.481 e. The molecule has 0 saturated heterocycles. The second-order valence-corrected chi connectivity index (χ2v) is 12.5. The van der Waals surface area contributed by atoms with Crippen LogP contribution in [0.25, 0.3) is 0 Å². The summed E-state index contributed by atoms with van der Waals surface area (Å²) in [4.78, 5) is 52.6. The second-order valence-electron chi connectivity index (χ2n) is 10.1. The third kappa shape index (κ3) is 7.14. The summed E-state index contributed by atoms with van der Waals surface area (Å²) in [5.74, 6) is -3.30. The van der Waals surface area contributed by atoms with Crippen LogP contribution in [-0.2, 0) is 32.0 Å². The van der Waals surface area contributed by atoms with Crippen molar-refractivity contribution in [1.29, 1.82) is 0 Å². The van der Waals surface area contributed by atoms with Gasteiger partial charge in [0.05, 0.1) is 29.8 Å². The van der Waals surface area contributed by atoms with Crippen molar-refractivity contribution in [3.63, 3.8) is 0 Å². The molecule has 0 radical (unpaired) electrons. The first-order chi connectivity index (χ1) is 19.3. The number of aryl methyl sites for hydroxylation is 1. The predicted octanol–water partition coefficient (Wildman–Crippen LogP) is 6.31. The van der Waals surface area contributed by atoms with E-state index in [-0.39, 0.29) is 11.8 Å². The highest BCUT2D eigenvalue weighted by Crippen LogP contribution is 2.38. The number of rotatable bonds is 9. The zero-order valence-corrected chi connectivity index (χ0v) is 24.5. The average Bonchev–Trinajstić information content (AvgIpc) is 3.26. The summed E-state index contributed by atoms with van der Waals surface area (Å²) < 4.78 is 5.09. The molecule has 1 aromatic carbocycles. The summed E-state index contributed by atoms with van der Waals surface area (Å²) in [6.07, 6.45) is 11.0. The maximum Gasteiger partial charge on any atom is 0.341 e. The number of carbonyl (C=O) groups excluding carboxylic acids is 3. The number of aliphatic carboxylic acids is 1. The maximum absolute atomic E-state index is 13.4. The van der Waals surface area contributed by atoms with Crippen LogP contribution in [-0.4, -0.2) is 41.2 Å². The quantitative estimate of drug-likeness (QED) is 0.179. The van der Waals surface area contributed by atoms with Gasteiger partial charge in [0.2, 0.25) is 11.8 Å². The second kappa shape index (κ2) is 14.0. The molecule has 0 aliphatic heterocycles. The van der Waals surface area contributed by atoms with E-state index in [1.807, 2.05) is 19.1 Å². The zero-order chi connectivity index (χ0) is 28.6. The van der Waals surface area contributed by atoms with Crippen LogP contribution in [0.5, 0.6) is 0 Å². The van der Waals surface area contributed by atoms with E-state index in [0.29, 0.717) is 35.5 Å². The third-order valence-electron chi connectivity index (χ3n) is 7.43. The molecule has 2 aromatic rings. The number of methoxy groups -OCH3 is 1. The standard InChI is InChI=1S/C30H36N2O6S2/c1-3-23(27(34)32-28-25(30(37)38-2)22-15-6-4-5-7-16-24(22)40-28)39-19-12-10-11-18(17-19)31-26(33)20-13-8-9-14-21(20)29(35)36/h8-12,17,20-21,23H,3-7,13-16H2,1-2H3,(H,31,33)(H,32,34)(H,35,36). The smallest absolute Gasteiger partial charge is 0.341 e. The minimum atomic E-state index is -0.973. The first-order valence-electron chi connectivity index (χ1n) is 13.8. The molecule has 2 amide bonds. The van der Waals surface area contributed by atoms with Crippen LogP contribution in [0.2, 0.25) is 0 Å². The van der Waals surface area contributed by atoms with Gasteiger partial charge in [-0.1, -0.05) is 38.0 Å². The molecule has 1 heterocycles. The Bertz CT molecular complexity index is 1290. The molecular formula is C30H36N2O6S2. The summed E-state index contributed by atoms with van der Waals surface area (Å²) >= 11 is 2.86. The van der Waals surface area contributed by atoms with E-state index >= 15 is 0 Å². The number of carboxylic acids is 1. The van der Waals surface area contributed by atoms with E-state index in [0.717, 1.165) is 47.4 Å². The molecule has 0 spiro atoms. The number of esters is 1. The third-order valence-corrected chi connectivity index (χ3v) is 9.99. The van der Waals surface area contributed by atoms with Gasteiger partial charge in [0.15, 0.2) is 0 Å². The molecule has 8 nitrogen and oxygen atoms in total. The lowest BCUT2D eigenvalue weighted by atomic mass is 9.82. The lowest BCUT2D eigenvalue weighted by Crippen LogP contribution is -2.34. The highest BCUT2D eigenvalue weighted by molar-refractivity contribution is 8.00. The first kappa shape index (κ1) is 29.9. The van der Waals surface area contributed by atoms with Crippen molar-refractivity contribution in [3.05, 3.63) is 52.4 Å². The average molecular weight is 585 g/mol. The van der Waals surface area contributed by atoms with Gasteiger partial charge in [0.1, 0.15) is 5.00 Å². The number of thioether (sulfide) groups is 1. The van der Waals surface area contributed by atoms with E-state index in [1.54, 1.807) is 24.3 Å². The van der Waals surface area contributed by atoms with Crippen molar-refractivity contribution < 1.29 is 29.0 Å². The van der Waals surface area contributed by atoms with Crippen LogP contribution in [0.3, 0.4) is 0 Å². The molecule has 0 saturated carbocycles. The minimum Gasteiger partial charge on any atom is -0.481 e. The molecule has 3 atom stereocenters. The van der Waals surface area contributed by atoms with E-state index in [9.17, 15) is 24.3 Å². The van der Waals surface area contributed by atoms with Crippen molar-refractivity contribution >= 4 is 57.5 Å². The van der Waals surface area contributed by atoms with Gasteiger partial charge in [-0.15, -0.1) is 23.1 Å². The number of hydrogen-bond donors (Lipinski definition) is 3. The van der Waals surface area contributed by atoms with Crippen molar-refractivity contribution in [1.82, 2.24) is 0 Å². The highest BCUT2D eigenvalue weighted by Gasteiger charge is 2.34. The number of ether oxygens (including phenoxy) is 1. The topological polar surface area (TPSA) is 122 Å². The van der Waals surface area contributed by atoms with E-state index in [1.165, 1.54) is 36.6 Å². The lowest BCUT2D eigenvalue weighted by molar-refractivity contribution is -0.146. The fourth-order valence-electron chi connectivity index (χ4n) is 5.26. The number of amides is 2. The van der Waals surface area contributed by atoms with Crippen LogP contribution in [0.1, 0.15) is 72.7 Å². The highest BCUT2D eigenvalue weighted by atomic mass is 32.2. The summed E-state index contributed by atoms with van der Waals surface area (Å²) in [5, 5.41) is 15.5. The van der Waals surface area contributed by atoms with Crippen molar-refractivity contribution in [2.75, 3.05) is 17.7 Å². The first-order valence-corrected chi connectivity index (χ1v) is 15.5. The Hall–Kier alpha value is -3.11. The number of allylic oxidation sites excluding steroid dienone is 2. The molecule has 214 valence electrons. The molecule has 1 aromatic heterocycles. The van der Waals surface area contributed by atoms with Gasteiger partial charge in [-0.05, 0) is 68.7 Å². The van der Waals surface area contributed by atoms with Crippen LogP contribution >= 0.6 is 23.1 Å². The van der Waals surface area contributed by atoms with E-state index < -0.39 is 29.0 Å². The van der Waals surface area contributed by atoms with Crippen LogP contribution in [0.4, 0.5) is 10.7 Å². The number of anilines is 2. The Kier molecular flexibility index (Phi) is 10.4. The van der Waals surface area contributed by atoms with Crippen molar-refractivity contribution in [2.45, 2.75) is 74.9 Å². The van der Waals surface area contributed by atoms with Gasteiger partial charge in [-0.3, -0.25) is 14.4 Å². The maximum atomic E-state index is 13.4. The Balaban J connectivity index is 1.47. The van der Waals surface area contributed by atoms with Gasteiger partial charge < -0.3 is 20.5 Å². The number of thiophene rings is 1. The van der Waals surface area contributed by atoms with Gasteiger partial charge in [-0.2, -0.15) is 0 Å². The van der Waals surface area contributed by atoms with Gasteiger partial charge in [-0.25, -0.2) is 4.79 Å². The molecule has 2 aliphatic rings. The van der Waals surface area contributed by atoms with E-state index in [2.05, 4.69) is 10.6 Å². The Labute approximate surface area is 243 Å². The van der Waals surface area contributed by atoms with Crippen LogP contribution < -0.4 is 10.6 Å². The monoisotopic (exact) mass is 584 g/mol. The number of carbonyl (C=O) groups is 4. The van der Waals surface area contributed by atoms with Crippen molar-refractivity contribution in [3.8, 4) is 0 Å². The molecule has 3 unspecified atom stereocenters. The zero-order valence-electron chi connectivity index (χ0n) is 22.9. The molecule has 3 N–H and O–H groups in total. The van der Waals surface area contributed by atoms with Gasteiger partial charge >= 0.3 is 11.9 Å². The number of benzene rings is 1. The van der Waals surface area contributed by atoms with Crippen LogP contribution in [0.15, 0.2) is 41.3 Å². The number of carboxylic acid groups (broad SMARTS) is 1. The molecule has 2 aliphatic carbocycles. The number of nitrogens with one attached hydrogen (secondary N) is 2. The number of fused-ring (bicyclic) bond motifs is 1. The summed E-state index contributed by atoms with van der Waals surface area (Å²) in [6, 6.07) is 7.22. The molecular weight excluding hydrogens is 548 g/mol. The normalized spacial score (nSPS) is 19.4. The Morgan fingerprint density at radius 3 is 2.48 bits per heavy atom. The minimum absolute atomic E-state index is 0.195. The summed E-state index contributed by atoms with van der Waals surface area (Å²) in [5.41, 5.74) is 2.05. The lowest BCUT2D eigenvalue weighted by Gasteiger charge is -2.24. The Morgan fingerprint density at radius 1 is 1.05 bits per heavy atom. The fraction of sp³-hybridized carbons (Fsp3) is 0.467. The molecule has 0 fully saturated rings. The Morgan fingerprint density at radius 2 is 1.77 bits per heavy atom. The predicted molar refractivity (Wildman–Crippen MR) is 158 cm³/mol. The number of hydrogen-bond acceptors (Lipinski definition) is 7. The fourth-order valence-corrected chi connectivity index (χ4v) is 7.56. The van der Waals surface area contributed by atoms with Crippen LogP contribution in [0, 0.1) is 11.8 Å². The SMILES string of the molecule is CCC(Sc1cccc(NC(=O)C2CC=CCC2C(=O)O)c1)C(=O)Nc1sc2c(c1C(=O)OC)CCCCCC2. The molecule has 0 bridgehead atoms. The summed E-state index contributed by atoms with van der Waals surface area (Å²) in [6.45, 7) is 1.93. The molecule has 4 rings (SSSR count). The van der Waals surface area contributed by atoms with Gasteiger partial charge in [0.25, 0.3) is 0 Å². The van der Waals surface area contributed by atoms with E-state index in [4.69, 9.17) is 4.74 Å².